The van der Waals surface area contributed by atoms with Gasteiger partial charge in [-0.25, -0.2) is 0 Å². The van der Waals surface area contributed by atoms with Gasteiger partial charge in [0, 0.05) is 0 Å². The van der Waals surface area contributed by atoms with Crippen LogP contribution in [-0.4, -0.2) is 0 Å². The lowest BCUT2D eigenvalue weighted by Gasteiger charge is -2.19. The van der Waals surface area contributed by atoms with Crippen LogP contribution in [0.25, 0.3) is 0 Å². The summed E-state index contributed by atoms with van der Waals surface area (Å²) in [7, 11) is 0. The fraction of sp³-hybridized carbons (Fsp3) is 0.364. The normalized spacial score (nSPS) is 11.0. The molecule has 0 saturated heterocycles. The third-order valence-corrected chi connectivity index (χ3v) is 2.28. The van der Waals surface area contributed by atoms with Crippen molar-refractivity contribution in [1.82, 2.24) is 0 Å². The Hall–Kier alpha value is -1.00. The van der Waals surface area contributed by atoms with Gasteiger partial charge < -0.3 is 0 Å². The molecule has 0 aliphatic heterocycles. The molecule has 0 bridgehead atoms. The Kier molecular flexibility index (Phi) is 2.63. The summed E-state index contributed by atoms with van der Waals surface area (Å²) in [4.78, 5) is 0. The number of nitrogens with zero attached hydrogens (tertiary/aromatic N) is 1. The van der Waals surface area contributed by atoms with Crippen molar-refractivity contribution in [3.63, 3.8) is 0 Å². The largest absolute Gasteiger partial charge is 0.192 e. The van der Waals surface area contributed by atoms with Crippen LogP contribution in [0.15, 0.2) is 18.2 Å². The maximum atomic E-state index is 8.77. The first kappa shape index (κ1) is 10.1. The van der Waals surface area contributed by atoms with Gasteiger partial charge in [0.2, 0.25) is 0 Å². The van der Waals surface area contributed by atoms with Crippen molar-refractivity contribution in [2.75, 3.05) is 0 Å². The van der Waals surface area contributed by atoms with Crippen molar-refractivity contribution in [3.8, 4) is 6.07 Å². The summed E-state index contributed by atoms with van der Waals surface area (Å²) in [5, 5.41) is 9.30. The van der Waals surface area contributed by atoms with E-state index in [2.05, 4.69) is 26.8 Å². The van der Waals surface area contributed by atoms with Crippen LogP contribution in [0, 0.1) is 11.3 Å². The molecular formula is C11H12ClN. The maximum absolute atomic E-state index is 8.77. The second kappa shape index (κ2) is 3.40. The van der Waals surface area contributed by atoms with Crippen molar-refractivity contribution < 1.29 is 0 Å². The monoisotopic (exact) mass is 193 g/mol. The first-order chi connectivity index (χ1) is 5.95. The summed E-state index contributed by atoms with van der Waals surface area (Å²) in [5.41, 5.74) is 1.75. The smallest absolute Gasteiger partial charge is 0.101 e. The third kappa shape index (κ3) is 2.23. The molecule has 0 heterocycles. The van der Waals surface area contributed by atoms with E-state index in [1.165, 1.54) is 0 Å². The van der Waals surface area contributed by atoms with Crippen molar-refractivity contribution in [2.24, 2.45) is 0 Å². The minimum Gasteiger partial charge on any atom is -0.192 e. The summed E-state index contributed by atoms with van der Waals surface area (Å²) in [6, 6.07) is 7.67. The Morgan fingerprint density at radius 3 is 2.38 bits per heavy atom. The molecule has 0 aliphatic rings. The zero-order valence-electron chi connectivity index (χ0n) is 8.06. The first-order valence-electron chi connectivity index (χ1n) is 4.15. The van der Waals surface area contributed by atoms with E-state index in [0.717, 1.165) is 5.56 Å². The molecule has 0 atom stereocenters. The van der Waals surface area contributed by atoms with Gasteiger partial charge in [-0.1, -0.05) is 38.4 Å². The van der Waals surface area contributed by atoms with Crippen LogP contribution < -0.4 is 0 Å². The van der Waals surface area contributed by atoms with E-state index in [1.54, 1.807) is 6.07 Å². The number of nitriles is 1. The molecule has 0 aliphatic carbocycles. The van der Waals surface area contributed by atoms with Crippen LogP contribution in [0.2, 0.25) is 5.02 Å². The van der Waals surface area contributed by atoms with E-state index in [9.17, 15) is 0 Å². The molecule has 0 aromatic heterocycles. The molecule has 0 radical (unpaired) electrons. The number of hydrogen-bond donors (Lipinski definition) is 0. The van der Waals surface area contributed by atoms with Gasteiger partial charge in [0.25, 0.3) is 0 Å². The zero-order chi connectivity index (χ0) is 10.1. The molecule has 13 heavy (non-hydrogen) atoms. The molecular weight excluding hydrogens is 182 g/mol. The Morgan fingerprint density at radius 1 is 1.31 bits per heavy atom. The number of hydrogen-bond acceptors (Lipinski definition) is 1. The molecule has 68 valence electrons. The topological polar surface area (TPSA) is 23.8 Å². The second-order valence-electron chi connectivity index (χ2n) is 4.06. The van der Waals surface area contributed by atoms with Crippen molar-refractivity contribution in [3.05, 3.63) is 34.3 Å². The average molecular weight is 194 g/mol. The van der Waals surface area contributed by atoms with Gasteiger partial charge in [-0.3, -0.25) is 0 Å². The lowest BCUT2D eigenvalue weighted by Crippen LogP contribution is -2.10. The maximum Gasteiger partial charge on any atom is 0.101 e. The molecule has 0 spiro atoms. The van der Waals surface area contributed by atoms with Crippen LogP contribution in [0.3, 0.4) is 0 Å². The SMILES string of the molecule is CC(C)(C)c1ccc(Cl)c(C#N)c1. The summed E-state index contributed by atoms with van der Waals surface area (Å²) in [5.74, 6) is 0. The average Bonchev–Trinajstić information content (AvgIpc) is 2.03. The molecule has 0 saturated carbocycles. The Bertz CT molecular complexity index is 355. The highest BCUT2D eigenvalue weighted by atomic mass is 35.5. The van der Waals surface area contributed by atoms with Crippen LogP contribution in [0.4, 0.5) is 0 Å². The Morgan fingerprint density at radius 2 is 1.92 bits per heavy atom. The van der Waals surface area contributed by atoms with Gasteiger partial charge in [-0.15, -0.1) is 0 Å². The van der Waals surface area contributed by atoms with Crippen LogP contribution >= 0.6 is 11.6 Å². The van der Waals surface area contributed by atoms with E-state index in [-0.39, 0.29) is 5.41 Å². The second-order valence-corrected chi connectivity index (χ2v) is 4.46. The standard InChI is InChI=1S/C11H12ClN/c1-11(2,3)9-4-5-10(12)8(6-9)7-13/h4-6H,1-3H3. The van der Waals surface area contributed by atoms with E-state index in [4.69, 9.17) is 16.9 Å². The van der Waals surface area contributed by atoms with Crippen LogP contribution in [-0.2, 0) is 5.41 Å². The molecule has 1 rings (SSSR count). The summed E-state index contributed by atoms with van der Waals surface area (Å²) in [6.07, 6.45) is 0. The minimum absolute atomic E-state index is 0.0657. The van der Waals surface area contributed by atoms with Crippen LogP contribution in [0.5, 0.6) is 0 Å². The van der Waals surface area contributed by atoms with E-state index in [0.29, 0.717) is 10.6 Å². The highest BCUT2D eigenvalue weighted by Crippen LogP contribution is 2.26. The predicted molar refractivity (Wildman–Crippen MR) is 54.9 cm³/mol. The molecule has 0 fully saturated rings. The van der Waals surface area contributed by atoms with Crippen LogP contribution in [0.1, 0.15) is 31.9 Å². The Labute approximate surface area is 84.0 Å². The number of halogens is 1. The lowest BCUT2D eigenvalue weighted by atomic mass is 9.86. The molecule has 1 aromatic carbocycles. The van der Waals surface area contributed by atoms with E-state index in [1.807, 2.05) is 12.1 Å². The van der Waals surface area contributed by atoms with Crippen molar-refractivity contribution in [1.29, 1.82) is 5.26 Å². The van der Waals surface area contributed by atoms with Crippen molar-refractivity contribution >= 4 is 11.6 Å². The summed E-state index contributed by atoms with van der Waals surface area (Å²) < 4.78 is 0. The number of rotatable bonds is 0. The van der Waals surface area contributed by atoms with Gasteiger partial charge in [-0.05, 0) is 23.1 Å². The van der Waals surface area contributed by atoms with Gasteiger partial charge in [0.05, 0.1) is 10.6 Å². The molecule has 1 aromatic rings. The molecule has 1 nitrogen and oxygen atoms in total. The Balaban J connectivity index is 3.24. The third-order valence-electron chi connectivity index (χ3n) is 1.95. The van der Waals surface area contributed by atoms with Gasteiger partial charge in [0.1, 0.15) is 6.07 Å². The van der Waals surface area contributed by atoms with Crippen molar-refractivity contribution in [2.45, 2.75) is 26.2 Å². The fourth-order valence-corrected chi connectivity index (χ4v) is 1.24. The predicted octanol–water partition coefficient (Wildman–Crippen LogP) is 3.51. The lowest BCUT2D eigenvalue weighted by molar-refractivity contribution is 0.590. The van der Waals surface area contributed by atoms with Gasteiger partial charge in [-0.2, -0.15) is 5.26 Å². The molecule has 0 unspecified atom stereocenters. The quantitative estimate of drug-likeness (QED) is 0.619. The van der Waals surface area contributed by atoms with Gasteiger partial charge >= 0.3 is 0 Å². The molecule has 2 heteroatoms. The highest BCUT2D eigenvalue weighted by Gasteiger charge is 2.14. The minimum atomic E-state index is 0.0657. The van der Waals surface area contributed by atoms with E-state index >= 15 is 0 Å². The van der Waals surface area contributed by atoms with Gasteiger partial charge in [0.15, 0.2) is 0 Å². The molecule has 0 amide bonds. The molecule has 0 N–H and O–H groups in total. The zero-order valence-corrected chi connectivity index (χ0v) is 8.81. The highest BCUT2D eigenvalue weighted by molar-refractivity contribution is 6.31. The summed E-state index contributed by atoms with van der Waals surface area (Å²) in [6.45, 7) is 6.33. The number of benzene rings is 1. The first-order valence-corrected chi connectivity index (χ1v) is 4.53. The summed E-state index contributed by atoms with van der Waals surface area (Å²) >= 11 is 5.82. The van der Waals surface area contributed by atoms with E-state index < -0.39 is 0 Å². The fourth-order valence-electron chi connectivity index (χ4n) is 1.08.